The normalized spacial score (nSPS) is 10.2. The Morgan fingerprint density at radius 3 is 2.29 bits per heavy atom. The number of rotatable bonds is 6. The molecule has 0 aliphatic rings. The number of carbonyl (C=O) groups is 1. The fourth-order valence-corrected chi connectivity index (χ4v) is 2.25. The van der Waals surface area contributed by atoms with Gasteiger partial charge in [0.15, 0.2) is 5.78 Å². The zero-order chi connectivity index (χ0) is 15.2. The summed E-state index contributed by atoms with van der Waals surface area (Å²) in [4.78, 5) is 12.7. The van der Waals surface area contributed by atoms with Crippen molar-refractivity contribution in [3.05, 3.63) is 58.1 Å². The first-order valence-corrected chi connectivity index (χ1v) is 7.65. The molecule has 0 aromatic heterocycles. The average Bonchev–Trinajstić information content (AvgIpc) is 2.49. The van der Waals surface area contributed by atoms with E-state index in [1.165, 1.54) is 0 Å². The first-order chi connectivity index (χ1) is 10.2. The van der Waals surface area contributed by atoms with Gasteiger partial charge in [-0.3, -0.25) is 4.79 Å². The molecule has 0 saturated carbocycles. The maximum Gasteiger partial charge on any atom is 0.196 e. The highest BCUT2D eigenvalue weighted by atomic mass is 79.9. The van der Waals surface area contributed by atoms with Crippen LogP contribution in [-0.4, -0.2) is 19.0 Å². The molecule has 0 heterocycles. The van der Waals surface area contributed by atoms with Gasteiger partial charge in [-0.15, -0.1) is 0 Å². The minimum atomic E-state index is -0.0764. The van der Waals surface area contributed by atoms with Crippen LogP contribution in [0.25, 0.3) is 0 Å². The number of hydrogen-bond donors (Lipinski definition) is 0. The van der Waals surface area contributed by atoms with Crippen molar-refractivity contribution in [3.63, 3.8) is 0 Å². The Morgan fingerprint density at radius 2 is 1.67 bits per heavy atom. The van der Waals surface area contributed by atoms with Gasteiger partial charge in [0.2, 0.25) is 0 Å². The fourth-order valence-electron chi connectivity index (χ4n) is 1.98. The molecule has 110 valence electrons. The molecular formula is C17H17BrO3. The van der Waals surface area contributed by atoms with E-state index in [9.17, 15) is 4.79 Å². The summed E-state index contributed by atoms with van der Waals surface area (Å²) in [7, 11) is 0. The van der Waals surface area contributed by atoms with Crippen molar-refractivity contribution in [2.75, 3.05) is 13.2 Å². The van der Waals surface area contributed by atoms with Gasteiger partial charge in [0.05, 0.1) is 18.8 Å². The minimum absolute atomic E-state index is 0.0764. The Morgan fingerprint density at radius 1 is 1.00 bits per heavy atom. The van der Waals surface area contributed by atoms with Gasteiger partial charge in [-0.2, -0.15) is 0 Å². The van der Waals surface area contributed by atoms with Gasteiger partial charge in [0, 0.05) is 10.0 Å². The Bertz CT molecular complexity index is 620. The summed E-state index contributed by atoms with van der Waals surface area (Å²) in [5, 5.41) is 0. The molecule has 0 aliphatic heterocycles. The lowest BCUT2D eigenvalue weighted by Gasteiger charge is -2.12. The Hall–Kier alpha value is -1.81. The highest BCUT2D eigenvalue weighted by Gasteiger charge is 2.16. The lowest BCUT2D eigenvalue weighted by atomic mass is 10.0. The van der Waals surface area contributed by atoms with E-state index < -0.39 is 0 Å². The number of ether oxygens (including phenoxy) is 2. The summed E-state index contributed by atoms with van der Waals surface area (Å²) in [6, 6.07) is 12.6. The van der Waals surface area contributed by atoms with Crippen LogP contribution in [0.3, 0.4) is 0 Å². The predicted octanol–water partition coefficient (Wildman–Crippen LogP) is 4.48. The summed E-state index contributed by atoms with van der Waals surface area (Å²) < 4.78 is 12.0. The van der Waals surface area contributed by atoms with Gasteiger partial charge in [-0.05, 0) is 56.3 Å². The van der Waals surface area contributed by atoms with E-state index in [-0.39, 0.29) is 5.78 Å². The summed E-state index contributed by atoms with van der Waals surface area (Å²) >= 11 is 3.37. The van der Waals surface area contributed by atoms with Crippen LogP contribution in [0.4, 0.5) is 0 Å². The minimum Gasteiger partial charge on any atom is -0.494 e. The molecule has 0 amide bonds. The van der Waals surface area contributed by atoms with Crippen molar-refractivity contribution in [2.45, 2.75) is 13.8 Å². The third-order valence-corrected chi connectivity index (χ3v) is 3.44. The molecule has 2 aromatic rings. The monoisotopic (exact) mass is 348 g/mol. The molecule has 3 nitrogen and oxygen atoms in total. The van der Waals surface area contributed by atoms with E-state index in [0.29, 0.717) is 35.8 Å². The topological polar surface area (TPSA) is 35.5 Å². The van der Waals surface area contributed by atoms with Crippen LogP contribution in [0, 0.1) is 0 Å². The first kappa shape index (κ1) is 15.6. The Balaban J connectivity index is 2.41. The molecule has 0 atom stereocenters. The summed E-state index contributed by atoms with van der Waals surface area (Å²) in [6.07, 6.45) is 0. The van der Waals surface area contributed by atoms with Crippen molar-refractivity contribution in [1.82, 2.24) is 0 Å². The molecule has 0 bridgehead atoms. The van der Waals surface area contributed by atoms with Crippen molar-refractivity contribution < 1.29 is 14.3 Å². The quantitative estimate of drug-likeness (QED) is 0.722. The second kappa shape index (κ2) is 7.27. The van der Waals surface area contributed by atoms with Gasteiger partial charge in [0.25, 0.3) is 0 Å². The molecule has 0 radical (unpaired) electrons. The molecule has 0 unspecified atom stereocenters. The fraction of sp³-hybridized carbons (Fsp3) is 0.235. The van der Waals surface area contributed by atoms with E-state index in [2.05, 4.69) is 15.9 Å². The molecule has 0 saturated heterocycles. The second-order valence-electron chi connectivity index (χ2n) is 4.36. The predicted molar refractivity (Wildman–Crippen MR) is 86.4 cm³/mol. The van der Waals surface area contributed by atoms with Crippen LogP contribution >= 0.6 is 15.9 Å². The summed E-state index contributed by atoms with van der Waals surface area (Å²) in [5.41, 5.74) is 1.14. The van der Waals surface area contributed by atoms with E-state index in [1.54, 1.807) is 24.3 Å². The largest absolute Gasteiger partial charge is 0.494 e. The molecule has 0 fully saturated rings. The zero-order valence-corrected chi connectivity index (χ0v) is 13.6. The Labute approximate surface area is 133 Å². The van der Waals surface area contributed by atoms with Gasteiger partial charge < -0.3 is 9.47 Å². The molecule has 4 heteroatoms. The van der Waals surface area contributed by atoms with Gasteiger partial charge in [0.1, 0.15) is 11.5 Å². The lowest BCUT2D eigenvalue weighted by Crippen LogP contribution is -2.06. The van der Waals surface area contributed by atoms with E-state index in [0.717, 1.165) is 4.47 Å². The van der Waals surface area contributed by atoms with Crippen molar-refractivity contribution in [2.24, 2.45) is 0 Å². The highest BCUT2D eigenvalue weighted by Crippen LogP contribution is 2.27. The maximum absolute atomic E-state index is 12.7. The molecule has 2 rings (SSSR count). The van der Waals surface area contributed by atoms with Crippen LogP contribution in [-0.2, 0) is 0 Å². The summed E-state index contributed by atoms with van der Waals surface area (Å²) in [6.45, 7) is 4.87. The van der Waals surface area contributed by atoms with E-state index >= 15 is 0 Å². The van der Waals surface area contributed by atoms with Crippen LogP contribution in [0.15, 0.2) is 46.9 Å². The third kappa shape index (κ3) is 3.85. The van der Waals surface area contributed by atoms with Crippen LogP contribution in [0.2, 0.25) is 0 Å². The maximum atomic E-state index is 12.7. The molecule has 0 spiro atoms. The summed E-state index contributed by atoms with van der Waals surface area (Å²) in [5.74, 6) is 1.17. The van der Waals surface area contributed by atoms with Crippen LogP contribution in [0.1, 0.15) is 29.8 Å². The molecule has 21 heavy (non-hydrogen) atoms. The van der Waals surface area contributed by atoms with Crippen molar-refractivity contribution >= 4 is 21.7 Å². The SMILES string of the molecule is CCOc1ccc(OCC)c(C(=O)c2ccc(Br)cc2)c1. The Kier molecular flexibility index (Phi) is 5.39. The standard InChI is InChI=1S/C17H17BrO3/c1-3-20-14-9-10-16(21-4-2)15(11-14)17(19)12-5-7-13(18)8-6-12/h5-11H,3-4H2,1-2H3. The zero-order valence-electron chi connectivity index (χ0n) is 12.1. The first-order valence-electron chi connectivity index (χ1n) is 6.85. The number of halogens is 1. The molecule has 0 aliphatic carbocycles. The van der Waals surface area contributed by atoms with Crippen LogP contribution in [0.5, 0.6) is 11.5 Å². The highest BCUT2D eigenvalue weighted by molar-refractivity contribution is 9.10. The molecule has 2 aromatic carbocycles. The second-order valence-corrected chi connectivity index (χ2v) is 5.28. The van der Waals surface area contributed by atoms with E-state index in [4.69, 9.17) is 9.47 Å². The molecule has 0 N–H and O–H groups in total. The number of carbonyl (C=O) groups excluding carboxylic acids is 1. The van der Waals surface area contributed by atoms with Crippen LogP contribution < -0.4 is 9.47 Å². The molecular weight excluding hydrogens is 332 g/mol. The lowest BCUT2D eigenvalue weighted by molar-refractivity contribution is 0.103. The van der Waals surface area contributed by atoms with Gasteiger partial charge >= 0.3 is 0 Å². The van der Waals surface area contributed by atoms with E-state index in [1.807, 2.05) is 32.0 Å². The third-order valence-electron chi connectivity index (χ3n) is 2.91. The van der Waals surface area contributed by atoms with Gasteiger partial charge in [-0.25, -0.2) is 0 Å². The smallest absolute Gasteiger partial charge is 0.196 e. The van der Waals surface area contributed by atoms with Crippen molar-refractivity contribution in [3.8, 4) is 11.5 Å². The average molecular weight is 349 g/mol. The van der Waals surface area contributed by atoms with Crippen molar-refractivity contribution in [1.29, 1.82) is 0 Å². The number of hydrogen-bond acceptors (Lipinski definition) is 3. The van der Waals surface area contributed by atoms with Gasteiger partial charge in [-0.1, -0.05) is 15.9 Å². The number of ketones is 1. The number of benzene rings is 2.